The number of ether oxygens (including phenoxy) is 1. The van der Waals surface area contributed by atoms with E-state index in [1.165, 1.54) is 6.08 Å². The third-order valence-corrected chi connectivity index (χ3v) is 14.3. The molecule has 72 heavy (non-hydrogen) atoms. The number of aliphatic carboxylic acids is 1. The third-order valence-electron chi connectivity index (χ3n) is 12.8. The Morgan fingerprint density at radius 1 is 0.694 bits per heavy atom. The van der Waals surface area contributed by atoms with Crippen LogP contribution in [-0.4, -0.2) is 125 Å². The van der Waals surface area contributed by atoms with E-state index < -0.39 is 11.9 Å². The summed E-state index contributed by atoms with van der Waals surface area (Å²) in [6.07, 6.45) is 6.86. The van der Waals surface area contributed by atoms with E-state index in [0.29, 0.717) is 46.7 Å². The lowest BCUT2D eigenvalue weighted by Crippen LogP contribution is -2.36. The van der Waals surface area contributed by atoms with Crippen molar-refractivity contribution in [1.82, 2.24) is 20.6 Å². The number of esters is 1. The number of anilines is 4. The van der Waals surface area contributed by atoms with Crippen LogP contribution in [-0.2, 0) is 19.1 Å². The van der Waals surface area contributed by atoms with Crippen LogP contribution in [0.4, 0.5) is 27.5 Å². The lowest BCUT2D eigenvalue weighted by Gasteiger charge is -2.18. The van der Waals surface area contributed by atoms with Crippen LogP contribution < -0.4 is 30.2 Å². The van der Waals surface area contributed by atoms with Crippen LogP contribution in [0.15, 0.2) is 83.9 Å². The number of pyridine rings is 2. The predicted octanol–water partition coefficient (Wildman–Crippen LogP) is 8.56. The Morgan fingerprint density at radius 2 is 1.21 bits per heavy atom. The standard InChI is InChI=1S/C34H40N6O4S.C21H20N4O2/c1-39(2)24-13-11-21-16-22-12-14-29(40(3)4)26(31(22)36-27(21)18-24)17-23(19-35)33(42)44-15-7-9-25(41)8-5-6-10-30-32-28(20-45-30)37-34(43)38-32;1-24(2)16-7-5-13-9-14-6-8-19(25(3)4)17(10-15(12-22)21(26)27)20(14)23-18(13)11-16/h11-14,16-18,28,30,32H,5-10,15,20H2,1-4H3,(H2,37,38,43);5-11H,1-4H3,(H,26,27)/b23-17+;15-10+. The van der Waals surface area contributed by atoms with Gasteiger partial charge in [0.25, 0.3) is 0 Å². The van der Waals surface area contributed by atoms with Crippen molar-refractivity contribution in [2.24, 2.45) is 0 Å². The first-order valence-electron chi connectivity index (χ1n) is 23.7. The average Bonchev–Trinajstić information content (AvgIpc) is 3.91. The van der Waals surface area contributed by atoms with Crippen molar-refractivity contribution in [1.29, 1.82) is 10.5 Å². The number of nitriles is 2. The number of fused-ring (bicyclic) bond motifs is 5. The molecule has 0 spiro atoms. The van der Waals surface area contributed by atoms with Crippen LogP contribution in [0.25, 0.3) is 55.8 Å². The summed E-state index contributed by atoms with van der Waals surface area (Å²) >= 11 is 1.88. The number of rotatable bonds is 17. The van der Waals surface area contributed by atoms with E-state index in [4.69, 9.17) is 14.7 Å². The molecule has 2 saturated heterocycles. The number of thioether (sulfide) groups is 1. The summed E-state index contributed by atoms with van der Waals surface area (Å²) < 4.78 is 5.42. The minimum atomic E-state index is -1.25. The second-order valence-corrected chi connectivity index (χ2v) is 20.0. The lowest BCUT2D eigenvalue weighted by molar-refractivity contribution is -0.139. The van der Waals surface area contributed by atoms with E-state index in [-0.39, 0.29) is 41.7 Å². The Labute approximate surface area is 423 Å². The zero-order chi connectivity index (χ0) is 51.8. The second-order valence-electron chi connectivity index (χ2n) is 18.7. The third kappa shape index (κ3) is 12.0. The Bertz CT molecular complexity index is 3230. The fourth-order valence-corrected chi connectivity index (χ4v) is 10.5. The number of nitrogens with zero attached hydrogens (tertiary/aromatic N) is 8. The van der Waals surface area contributed by atoms with Crippen molar-refractivity contribution >= 4 is 114 Å². The van der Waals surface area contributed by atoms with Gasteiger partial charge in [-0.15, -0.1) is 0 Å². The number of amides is 2. The molecule has 2 fully saturated rings. The lowest BCUT2D eigenvalue weighted by atomic mass is 10.0. The highest BCUT2D eigenvalue weighted by molar-refractivity contribution is 8.00. The van der Waals surface area contributed by atoms with Gasteiger partial charge < -0.3 is 40.1 Å². The van der Waals surface area contributed by atoms with E-state index in [9.17, 15) is 34.8 Å². The average molecular weight is 989 g/mol. The van der Waals surface area contributed by atoms with E-state index in [2.05, 4.69) is 16.7 Å². The summed E-state index contributed by atoms with van der Waals surface area (Å²) in [5.74, 6) is -0.908. The molecular formula is C55H60N10O6S. The maximum atomic E-state index is 12.9. The number of urea groups is 1. The van der Waals surface area contributed by atoms with E-state index in [1.54, 1.807) is 12.1 Å². The highest BCUT2D eigenvalue weighted by Crippen LogP contribution is 2.35. The van der Waals surface area contributed by atoms with Gasteiger partial charge in [0.2, 0.25) is 0 Å². The van der Waals surface area contributed by atoms with Crippen LogP contribution in [0.3, 0.4) is 0 Å². The van der Waals surface area contributed by atoms with Crippen molar-refractivity contribution in [3.8, 4) is 12.1 Å². The summed E-state index contributed by atoms with van der Waals surface area (Å²) in [4.78, 5) is 65.8. The number of carbonyl (C=O) groups excluding carboxylic acids is 3. The van der Waals surface area contributed by atoms with Gasteiger partial charge in [-0.3, -0.25) is 4.79 Å². The zero-order valence-electron chi connectivity index (χ0n) is 41.9. The van der Waals surface area contributed by atoms with E-state index >= 15 is 0 Å². The minimum absolute atomic E-state index is 0.0599. The van der Waals surface area contributed by atoms with Gasteiger partial charge in [-0.1, -0.05) is 30.7 Å². The number of ketones is 1. The van der Waals surface area contributed by atoms with Gasteiger partial charge in [0.1, 0.15) is 29.1 Å². The molecule has 16 nitrogen and oxygen atoms in total. The van der Waals surface area contributed by atoms with Crippen LogP contribution in [0.2, 0.25) is 0 Å². The number of carboxylic acid groups (broad SMARTS) is 1. The Kier molecular flexibility index (Phi) is 16.5. The summed E-state index contributed by atoms with van der Waals surface area (Å²) in [5, 5.41) is 38.5. The molecule has 2 aromatic heterocycles. The maximum Gasteiger partial charge on any atom is 0.348 e. The van der Waals surface area contributed by atoms with Crippen LogP contribution >= 0.6 is 11.8 Å². The topological polar surface area (TPSA) is 208 Å². The quantitative estimate of drug-likeness (QED) is 0.0195. The first-order chi connectivity index (χ1) is 34.5. The molecule has 0 bridgehead atoms. The van der Waals surface area contributed by atoms with Gasteiger partial charge in [0.05, 0.1) is 40.8 Å². The molecule has 2 amide bonds. The highest BCUT2D eigenvalue weighted by atomic mass is 32.2. The van der Waals surface area contributed by atoms with Gasteiger partial charge in [0.15, 0.2) is 0 Å². The molecule has 4 heterocycles. The largest absolute Gasteiger partial charge is 0.477 e. The van der Waals surface area contributed by atoms with Crippen molar-refractivity contribution in [3.63, 3.8) is 0 Å². The van der Waals surface area contributed by atoms with Gasteiger partial charge in [-0.05, 0) is 79.9 Å². The monoisotopic (exact) mass is 988 g/mol. The molecule has 3 N–H and O–H groups in total. The number of unbranched alkanes of at least 4 members (excludes halogenated alkanes) is 1. The molecule has 0 radical (unpaired) electrons. The molecule has 0 saturated carbocycles. The number of nitrogens with one attached hydrogen (secondary N) is 2. The van der Waals surface area contributed by atoms with Gasteiger partial charge in [-0.2, -0.15) is 22.3 Å². The summed E-state index contributed by atoms with van der Waals surface area (Å²) in [6.45, 7) is 0.0599. The predicted molar refractivity (Wildman–Crippen MR) is 290 cm³/mol. The number of Topliss-reactive ketones (excluding diaryl/α,β-unsaturated/α-hetero) is 1. The van der Waals surface area contributed by atoms with Crippen molar-refractivity contribution < 1.29 is 29.0 Å². The van der Waals surface area contributed by atoms with Crippen LogP contribution in [0.5, 0.6) is 0 Å². The van der Waals surface area contributed by atoms with Gasteiger partial charge in [-0.25, -0.2) is 24.4 Å². The number of hydrogen-bond acceptors (Lipinski definition) is 14. The van der Waals surface area contributed by atoms with E-state index in [0.717, 1.165) is 80.3 Å². The molecule has 372 valence electrons. The first kappa shape index (κ1) is 51.9. The summed E-state index contributed by atoms with van der Waals surface area (Å²) in [6, 6.07) is 28.1. The fraction of sp³-hybridized carbons (Fsp3) is 0.345. The van der Waals surface area contributed by atoms with Gasteiger partial charge in [0, 0.05) is 136 Å². The first-order valence-corrected chi connectivity index (χ1v) is 24.8. The summed E-state index contributed by atoms with van der Waals surface area (Å²) in [5.41, 5.74) is 7.48. The molecule has 0 aliphatic carbocycles. The van der Waals surface area contributed by atoms with Crippen molar-refractivity contribution in [2.45, 2.75) is 55.9 Å². The molecule has 2 aliphatic heterocycles. The molecule has 6 aromatic rings. The number of benzene rings is 4. The van der Waals surface area contributed by atoms with Gasteiger partial charge >= 0.3 is 18.0 Å². The number of hydrogen-bond donors (Lipinski definition) is 3. The number of carboxylic acids is 1. The Morgan fingerprint density at radius 3 is 1.71 bits per heavy atom. The number of aromatic nitrogens is 2. The molecular weight excluding hydrogens is 929 g/mol. The molecule has 3 atom stereocenters. The van der Waals surface area contributed by atoms with Crippen LogP contribution in [0.1, 0.15) is 49.7 Å². The zero-order valence-corrected chi connectivity index (χ0v) is 42.8. The normalized spacial score (nSPS) is 16.2. The Hall–Kier alpha value is -7.89. The maximum absolute atomic E-state index is 12.9. The van der Waals surface area contributed by atoms with Crippen LogP contribution in [0, 0.1) is 22.7 Å². The van der Waals surface area contributed by atoms with E-state index in [1.807, 2.05) is 161 Å². The molecule has 3 unspecified atom stereocenters. The molecule has 2 aliphatic rings. The second kappa shape index (κ2) is 22.9. The fourth-order valence-electron chi connectivity index (χ4n) is 8.92. The Balaban J connectivity index is 0.000000240. The summed E-state index contributed by atoms with van der Waals surface area (Å²) in [7, 11) is 15.4. The van der Waals surface area contributed by atoms with Crippen molar-refractivity contribution in [3.05, 3.63) is 95.1 Å². The molecule has 17 heteroatoms. The van der Waals surface area contributed by atoms with Crippen molar-refractivity contribution in [2.75, 3.05) is 88.3 Å². The molecule has 8 rings (SSSR count). The smallest absolute Gasteiger partial charge is 0.348 e. The SMILES string of the molecule is CN(C)c1ccc2cc3ccc(N(C)C)c(/C=C(\C#N)C(=O)O)c3nc2c1.CN(C)c1ccc2cc3ccc(N(C)C)c(/C=C(\C#N)C(=O)OCCCC(=O)CCCCC4SCC5NC(=O)NC54)c3nc2c1. The highest BCUT2D eigenvalue weighted by Gasteiger charge is 2.42. The molecule has 4 aromatic carbocycles. The number of carbonyl (C=O) groups is 4. The minimum Gasteiger partial charge on any atom is -0.477 e.